The van der Waals surface area contributed by atoms with Gasteiger partial charge >= 0.3 is 5.69 Å². The monoisotopic (exact) mass is 465 g/mol. The summed E-state index contributed by atoms with van der Waals surface area (Å²) in [6, 6.07) is 3.96. The minimum Gasteiger partial charge on any atom is -0.439 e. The number of nitrogens with zero attached hydrogens (tertiary/aromatic N) is 6. The number of fused-ring (bicyclic) bond motifs is 2. The number of hydrogen-bond donors (Lipinski definition) is 1. The molecular formula is C23H24FN7O3. The molecule has 4 aromatic rings. The summed E-state index contributed by atoms with van der Waals surface area (Å²) in [5, 5.41) is 0. The molecule has 1 saturated heterocycles. The van der Waals surface area contributed by atoms with Crippen LogP contribution in [0.3, 0.4) is 0 Å². The normalized spacial score (nSPS) is 16.2. The molecule has 11 heteroatoms. The van der Waals surface area contributed by atoms with Gasteiger partial charge in [-0.1, -0.05) is 5.92 Å². The molecule has 2 N–H and O–H groups in total. The highest BCUT2D eigenvalue weighted by Gasteiger charge is 2.26. The van der Waals surface area contributed by atoms with Crippen LogP contribution in [0.25, 0.3) is 22.3 Å². The Bertz CT molecular complexity index is 1580. The number of anilines is 1. The van der Waals surface area contributed by atoms with Gasteiger partial charge < -0.3 is 15.1 Å². The molecule has 34 heavy (non-hydrogen) atoms. The van der Waals surface area contributed by atoms with Crippen LogP contribution < -0.4 is 21.9 Å². The van der Waals surface area contributed by atoms with Crippen LogP contribution in [0.2, 0.25) is 0 Å². The molecule has 1 fully saturated rings. The van der Waals surface area contributed by atoms with Gasteiger partial charge in [-0.2, -0.15) is 4.98 Å². The van der Waals surface area contributed by atoms with E-state index < -0.39 is 17.1 Å². The maximum Gasteiger partial charge on any atom is 0.332 e. The van der Waals surface area contributed by atoms with Crippen molar-refractivity contribution in [3.63, 3.8) is 0 Å². The van der Waals surface area contributed by atoms with Gasteiger partial charge in [-0.15, -0.1) is 5.92 Å². The van der Waals surface area contributed by atoms with Crippen LogP contribution in [0.15, 0.2) is 32.2 Å². The Morgan fingerprint density at radius 3 is 2.85 bits per heavy atom. The molecule has 1 aliphatic rings. The number of aromatic nitrogens is 5. The molecule has 0 bridgehead atoms. The minimum atomic E-state index is -0.556. The Balaban J connectivity index is 1.67. The van der Waals surface area contributed by atoms with Gasteiger partial charge in [-0.25, -0.2) is 18.7 Å². The van der Waals surface area contributed by atoms with Crippen LogP contribution in [0.4, 0.5) is 10.3 Å². The molecular weight excluding hydrogens is 441 g/mol. The Morgan fingerprint density at radius 1 is 1.26 bits per heavy atom. The number of oxazole rings is 1. The maximum atomic E-state index is 13.6. The fraction of sp³-hybridized carbons (Fsp3) is 0.391. The van der Waals surface area contributed by atoms with Crippen LogP contribution >= 0.6 is 0 Å². The first-order valence-electron chi connectivity index (χ1n) is 11.0. The van der Waals surface area contributed by atoms with Gasteiger partial charge in [0.15, 0.2) is 16.7 Å². The van der Waals surface area contributed by atoms with E-state index >= 15 is 0 Å². The molecule has 0 aliphatic carbocycles. The highest BCUT2D eigenvalue weighted by atomic mass is 19.1. The van der Waals surface area contributed by atoms with Crippen molar-refractivity contribution >= 4 is 28.2 Å². The highest BCUT2D eigenvalue weighted by molar-refractivity contribution is 5.75. The number of benzene rings is 1. The van der Waals surface area contributed by atoms with Crippen molar-refractivity contribution in [2.45, 2.75) is 38.9 Å². The molecule has 0 amide bonds. The third-order valence-electron chi connectivity index (χ3n) is 6.05. The molecule has 0 unspecified atom stereocenters. The van der Waals surface area contributed by atoms with Gasteiger partial charge in [0.1, 0.15) is 17.9 Å². The molecule has 0 spiro atoms. The lowest BCUT2D eigenvalue weighted by Gasteiger charge is -2.31. The zero-order chi connectivity index (χ0) is 24.0. The molecule has 10 nitrogen and oxygen atoms in total. The predicted molar refractivity (Wildman–Crippen MR) is 125 cm³/mol. The number of piperidine rings is 1. The summed E-state index contributed by atoms with van der Waals surface area (Å²) in [5.74, 6) is 6.09. The van der Waals surface area contributed by atoms with E-state index in [0.717, 1.165) is 24.0 Å². The van der Waals surface area contributed by atoms with E-state index in [1.807, 2.05) is 4.90 Å². The summed E-state index contributed by atoms with van der Waals surface area (Å²) >= 11 is 0. The van der Waals surface area contributed by atoms with Crippen molar-refractivity contribution in [1.82, 2.24) is 23.7 Å². The van der Waals surface area contributed by atoms with Gasteiger partial charge in [0, 0.05) is 32.2 Å². The van der Waals surface area contributed by atoms with Gasteiger partial charge in [0.25, 0.3) is 5.56 Å². The molecule has 4 heterocycles. The van der Waals surface area contributed by atoms with E-state index in [0.29, 0.717) is 23.6 Å². The van der Waals surface area contributed by atoms with E-state index in [2.05, 4.69) is 21.8 Å². The summed E-state index contributed by atoms with van der Waals surface area (Å²) in [4.78, 5) is 37.7. The van der Waals surface area contributed by atoms with E-state index in [1.54, 1.807) is 18.5 Å². The third-order valence-corrected chi connectivity index (χ3v) is 6.05. The van der Waals surface area contributed by atoms with Gasteiger partial charge in [0.05, 0.1) is 6.54 Å². The zero-order valence-corrected chi connectivity index (χ0v) is 18.9. The number of hydrogen-bond acceptors (Lipinski definition) is 7. The van der Waals surface area contributed by atoms with Crippen molar-refractivity contribution in [2.75, 3.05) is 18.0 Å². The zero-order valence-electron chi connectivity index (χ0n) is 18.9. The number of rotatable bonds is 4. The van der Waals surface area contributed by atoms with Crippen LogP contribution in [0.1, 0.15) is 25.7 Å². The summed E-state index contributed by atoms with van der Waals surface area (Å²) < 4.78 is 23.3. The molecule has 1 aromatic carbocycles. The third kappa shape index (κ3) is 3.66. The quantitative estimate of drug-likeness (QED) is 0.450. The molecule has 1 atom stereocenters. The molecule has 5 rings (SSSR count). The van der Waals surface area contributed by atoms with Crippen molar-refractivity contribution in [3.8, 4) is 11.8 Å². The van der Waals surface area contributed by atoms with E-state index in [1.165, 1.54) is 22.8 Å². The molecule has 0 saturated carbocycles. The Kier molecular flexibility index (Phi) is 5.45. The fourth-order valence-electron chi connectivity index (χ4n) is 4.39. The standard InChI is InChI=1S/C23H24FN7O3/c1-3-4-10-30-19-20(27-22(30)29-9-5-6-15(25)12-29)28(2)23(33)31(21(19)32)13-18-26-16-11-14(24)7-8-17(16)34-18/h7-8,11,15H,5-6,9-10,12-13,25H2,1-2H3/t15-/m1/s1. The fourth-order valence-corrected chi connectivity index (χ4v) is 4.39. The Hall–Kier alpha value is -3.91. The minimum absolute atomic E-state index is 0.00347. The SMILES string of the molecule is CC#CCn1c(N2CCC[C@@H](N)C2)nc2c1c(=O)n(Cc1nc3cc(F)ccc3o1)c(=O)n2C. The number of imidazole rings is 1. The van der Waals surface area contributed by atoms with Crippen LogP contribution in [-0.4, -0.2) is 42.8 Å². The Labute approximate surface area is 193 Å². The van der Waals surface area contributed by atoms with E-state index in [9.17, 15) is 14.0 Å². The van der Waals surface area contributed by atoms with Gasteiger partial charge in [-0.05, 0) is 31.9 Å². The first-order chi connectivity index (χ1) is 16.4. The van der Waals surface area contributed by atoms with Gasteiger partial charge in [0.2, 0.25) is 11.8 Å². The number of aryl methyl sites for hydroxylation is 1. The van der Waals surface area contributed by atoms with Crippen molar-refractivity contribution in [3.05, 3.63) is 50.7 Å². The number of nitrogens with two attached hydrogens (primary N) is 1. The van der Waals surface area contributed by atoms with Crippen molar-refractivity contribution < 1.29 is 8.81 Å². The second-order valence-corrected chi connectivity index (χ2v) is 8.40. The lowest BCUT2D eigenvalue weighted by molar-refractivity contribution is 0.491. The van der Waals surface area contributed by atoms with Crippen LogP contribution in [0.5, 0.6) is 0 Å². The average molecular weight is 465 g/mol. The second-order valence-electron chi connectivity index (χ2n) is 8.40. The first kappa shape index (κ1) is 21.9. The topological polar surface area (TPSA) is 117 Å². The smallest absolute Gasteiger partial charge is 0.332 e. The molecule has 3 aromatic heterocycles. The van der Waals surface area contributed by atoms with Crippen LogP contribution in [0, 0.1) is 17.7 Å². The van der Waals surface area contributed by atoms with Crippen molar-refractivity contribution in [2.24, 2.45) is 12.8 Å². The lowest BCUT2D eigenvalue weighted by atomic mass is 10.1. The molecule has 0 radical (unpaired) electrons. The van der Waals surface area contributed by atoms with Crippen LogP contribution in [-0.2, 0) is 20.1 Å². The van der Waals surface area contributed by atoms with E-state index in [4.69, 9.17) is 10.2 Å². The van der Waals surface area contributed by atoms with Crippen molar-refractivity contribution in [1.29, 1.82) is 0 Å². The largest absolute Gasteiger partial charge is 0.439 e. The number of halogens is 1. The highest BCUT2D eigenvalue weighted by Crippen LogP contribution is 2.23. The average Bonchev–Trinajstić information content (AvgIpc) is 3.40. The molecule has 176 valence electrons. The maximum absolute atomic E-state index is 13.6. The Morgan fingerprint density at radius 2 is 2.09 bits per heavy atom. The second kappa shape index (κ2) is 8.46. The predicted octanol–water partition coefficient (Wildman–Crippen LogP) is 1.18. The summed E-state index contributed by atoms with van der Waals surface area (Å²) in [7, 11) is 1.57. The summed E-state index contributed by atoms with van der Waals surface area (Å²) in [6.45, 7) is 3.11. The molecule has 1 aliphatic heterocycles. The lowest BCUT2D eigenvalue weighted by Crippen LogP contribution is -2.44. The first-order valence-corrected chi connectivity index (χ1v) is 11.0. The summed E-state index contributed by atoms with van der Waals surface area (Å²) in [5.41, 5.74) is 6.32. The van der Waals surface area contributed by atoms with Gasteiger partial charge in [-0.3, -0.25) is 13.9 Å². The summed E-state index contributed by atoms with van der Waals surface area (Å²) in [6.07, 6.45) is 1.83. The van der Waals surface area contributed by atoms with E-state index in [-0.39, 0.29) is 36.2 Å².